The topological polar surface area (TPSA) is 55.1 Å². The number of amides is 1. The molecule has 0 spiro atoms. The number of rotatable bonds is 2. The summed E-state index contributed by atoms with van der Waals surface area (Å²) in [6, 6.07) is 8.65. The SMILES string of the molecule is Cc1nc2ccc(NC(=O)c3ccc(Cl)o3)cc2s1. The highest BCUT2D eigenvalue weighted by molar-refractivity contribution is 7.18. The van der Waals surface area contributed by atoms with Crippen LogP contribution in [0.15, 0.2) is 34.7 Å². The number of aryl methyl sites for hydroxylation is 1. The molecule has 0 atom stereocenters. The minimum Gasteiger partial charge on any atom is -0.440 e. The molecule has 2 aromatic heterocycles. The van der Waals surface area contributed by atoms with Crippen molar-refractivity contribution < 1.29 is 9.21 Å². The molecule has 0 aliphatic rings. The number of aromatic nitrogens is 1. The fourth-order valence-corrected chi connectivity index (χ4v) is 2.76. The second-order valence-corrected chi connectivity index (χ2v) is 5.58. The minimum absolute atomic E-state index is 0.186. The van der Waals surface area contributed by atoms with Gasteiger partial charge >= 0.3 is 0 Å². The molecule has 3 rings (SSSR count). The highest BCUT2D eigenvalue weighted by atomic mass is 35.5. The summed E-state index contributed by atoms with van der Waals surface area (Å²) in [5, 5.41) is 3.95. The van der Waals surface area contributed by atoms with E-state index in [1.807, 2.05) is 25.1 Å². The van der Waals surface area contributed by atoms with Gasteiger partial charge in [0.05, 0.1) is 15.2 Å². The predicted octanol–water partition coefficient (Wildman–Crippen LogP) is 4.10. The van der Waals surface area contributed by atoms with Crippen LogP contribution in [0.3, 0.4) is 0 Å². The number of carbonyl (C=O) groups excluding carboxylic acids is 1. The molecule has 96 valence electrons. The van der Waals surface area contributed by atoms with E-state index in [0.717, 1.165) is 15.2 Å². The van der Waals surface area contributed by atoms with Gasteiger partial charge in [-0.3, -0.25) is 4.79 Å². The lowest BCUT2D eigenvalue weighted by Crippen LogP contribution is -2.10. The zero-order valence-electron chi connectivity index (χ0n) is 9.94. The van der Waals surface area contributed by atoms with E-state index in [-0.39, 0.29) is 16.9 Å². The van der Waals surface area contributed by atoms with Gasteiger partial charge in [-0.2, -0.15) is 0 Å². The quantitative estimate of drug-likeness (QED) is 0.773. The number of anilines is 1. The molecule has 0 fully saturated rings. The number of halogens is 1. The van der Waals surface area contributed by atoms with Crippen molar-refractivity contribution in [2.75, 3.05) is 5.32 Å². The van der Waals surface area contributed by atoms with Gasteiger partial charge in [-0.1, -0.05) is 0 Å². The van der Waals surface area contributed by atoms with E-state index in [9.17, 15) is 4.79 Å². The van der Waals surface area contributed by atoms with Gasteiger partial charge in [0.25, 0.3) is 5.91 Å². The van der Waals surface area contributed by atoms with E-state index in [1.54, 1.807) is 11.3 Å². The Hall–Kier alpha value is -1.85. The van der Waals surface area contributed by atoms with E-state index < -0.39 is 0 Å². The fourth-order valence-electron chi connectivity index (χ4n) is 1.75. The van der Waals surface area contributed by atoms with Gasteiger partial charge in [0.15, 0.2) is 11.0 Å². The Morgan fingerprint density at radius 1 is 1.37 bits per heavy atom. The molecule has 4 nitrogen and oxygen atoms in total. The Balaban J connectivity index is 1.86. The average Bonchev–Trinajstić information content (AvgIpc) is 2.93. The summed E-state index contributed by atoms with van der Waals surface area (Å²) >= 11 is 7.22. The Labute approximate surface area is 118 Å². The largest absolute Gasteiger partial charge is 0.440 e. The number of hydrogen-bond acceptors (Lipinski definition) is 4. The fraction of sp³-hybridized carbons (Fsp3) is 0.0769. The summed E-state index contributed by atoms with van der Waals surface area (Å²) in [5.41, 5.74) is 1.63. The molecule has 1 N–H and O–H groups in total. The van der Waals surface area contributed by atoms with Crippen molar-refractivity contribution in [3.63, 3.8) is 0 Å². The molecule has 0 aliphatic heterocycles. The Morgan fingerprint density at radius 2 is 2.21 bits per heavy atom. The molecule has 3 aromatic rings. The Bertz CT molecular complexity index is 763. The van der Waals surface area contributed by atoms with Crippen LogP contribution in [0.1, 0.15) is 15.6 Å². The molecular formula is C13H9ClN2O2S. The number of carbonyl (C=O) groups is 1. The number of thiazole rings is 1. The third-order valence-corrected chi connectivity index (χ3v) is 3.69. The second kappa shape index (κ2) is 4.68. The van der Waals surface area contributed by atoms with Crippen LogP contribution in [-0.4, -0.2) is 10.9 Å². The first-order valence-electron chi connectivity index (χ1n) is 5.56. The zero-order valence-corrected chi connectivity index (χ0v) is 11.5. The van der Waals surface area contributed by atoms with Crippen molar-refractivity contribution in [3.05, 3.63) is 46.3 Å². The molecule has 2 heterocycles. The van der Waals surface area contributed by atoms with Gasteiger partial charge in [-0.05, 0) is 48.9 Å². The van der Waals surface area contributed by atoms with Crippen molar-refractivity contribution in [1.82, 2.24) is 4.98 Å². The van der Waals surface area contributed by atoms with E-state index in [0.29, 0.717) is 5.69 Å². The van der Waals surface area contributed by atoms with Gasteiger partial charge in [0.1, 0.15) is 0 Å². The number of hydrogen-bond donors (Lipinski definition) is 1. The number of nitrogens with one attached hydrogen (secondary N) is 1. The molecule has 0 radical (unpaired) electrons. The lowest BCUT2D eigenvalue weighted by molar-refractivity contribution is 0.0997. The molecule has 6 heteroatoms. The van der Waals surface area contributed by atoms with Crippen LogP contribution in [-0.2, 0) is 0 Å². The highest BCUT2D eigenvalue weighted by Gasteiger charge is 2.11. The van der Waals surface area contributed by atoms with Crippen LogP contribution in [0, 0.1) is 6.92 Å². The third kappa shape index (κ3) is 2.47. The smallest absolute Gasteiger partial charge is 0.291 e. The number of nitrogens with zero attached hydrogens (tertiary/aromatic N) is 1. The maximum Gasteiger partial charge on any atom is 0.291 e. The molecule has 0 aliphatic carbocycles. The van der Waals surface area contributed by atoms with Crippen molar-refractivity contribution >= 4 is 44.7 Å². The summed E-state index contributed by atoms with van der Waals surface area (Å²) in [5.74, 6) is -0.141. The minimum atomic E-state index is -0.326. The maximum absolute atomic E-state index is 11.9. The zero-order chi connectivity index (χ0) is 13.4. The molecule has 0 unspecified atom stereocenters. The standard InChI is InChI=1S/C13H9ClN2O2S/c1-7-15-9-3-2-8(6-11(9)19-7)16-13(17)10-4-5-12(14)18-10/h2-6H,1H3,(H,16,17). The molecule has 1 amide bonds. The number of fused-ring (bicyclic) bond motifs is 1. The van der Waals surface area contributed by atoms with Crippen molar-refractivity contribution in [3.8, 4) is 0 Å². The van der Waals surface area contributed by atoms with Gasteiger partial charge in [-0.15, -0.1) is 11.3 Å². The summed E-state index contributed by atoms with van der Waals surface area (Å²) < 4.78 is 6.09. The lowest BCUT2D eigenvalue weighted by Gasteiger charge is -2.02. The monoisotopic (exact) mass is 292 g/mol. The number of furan rings is 1. The lowest BCUT2D eigenvalue weighted by atomic mass is 10.3. The maximum atomic E-state index is 11.9. The van der Waals surface area contributed by atoms with E-state index >= 15 is 0 Å². The van der Waals surface area contributed by atoms with E-state index in [1.165, 1.54) is 12.1 Å². The summed E-state index contributed by atoms with van der Waals surface area (Å²) in [4.78, 5) is 16.3. The van der Waals surface area contributed by atoms with Crippen LogP contribution >= 0.6 is 22.9 Å². The molecule has 0 saturated heterocycles. The third-order valence-electron chi connectivity index (χ3n) is 2.55. The van der Waals surface area contributed by atoms with Gasteiger partial charge in [0.2, 0.25) is 0 Å². The first kappa shape index (κ1) is 12.2. The molecule has 0 bridgehead atoms. The molecule has 0 saturated carbocycles. The van der Waals surface area contributed by atoms with Crippen molar-refractivity contribution in [1.29, 1.82) is 0 Å². The van der Waals surface area contributed by atoms with Gasteiger partial charge in [-0.25, -0.2) is 4.98 Å². The van der Waals surface area contributed by atoms with Crippen LogP contribution in [0.25, 0.3) is 10.2 Å². The van der Waals surface area contributed by atoms with Gasteiger partial charge in [0, 0.05) is 5.69 Å². The molecule has 1 aromatic carbocycles. The van der Waals surface area contributed by atoms with Crippen molar-refractivity contribution in [2.24, 2.45) is 0 Å². The Morgan fingerprint density at radius 3 is 2.95 bits per heavy atom. The summed E-state index contributed by atoms with van der Waals surface area (Å²) in [6.45, 7) is 1.95. The Kier molecular flexibility index (Phi) is 3.00. The predicted molar refractivity (Wildman–Crippen MR) is 76.0 cm³/mol. The molecule has 19 heavy (non-hydrogen) atoms. The normalized spacial score (nSPS) is 10.8. The van der Waals surface area contributed by atoms with Gasteiger partial charge < -0.3 is 9.73 Å². The first-order valence-corrected chi connectivity index (χ1v) is 6.75. The summed E-state index contributed by atoms with van der Waals surface area (Å²) in [7, 11) is 0. The first-order chi connectivity index (χ1) is 9.11. The van der Waals surface area contributed by atoms with E-state index in [4.69, 9.17) is 16.0 Å². The van der Waals surface area contributed by atoms with Crippen LogP contribution in [0.5, 0.6) is 0 Å². The van der Waals surface area contributed by atoms with Crippen LogP contribution in [0.2, 0.25) is 5.22 Å². The van der Waals surface area contributed by atoms with Crippen LogP contribution in [0.4, 0.5) is 5.69 Å². The summed E-state index contributed by atoms with van der Waals surface area (Å²) in [6.07, 6.45) is 0. The average molecular weight is 293 g/mol. The number of benzene rings is 1. The van der Waals surface area contributed by atoms with Crippen molar-refractivity contribution in [2.45, 2.75) is 6.92 Å². The second-order valence-electron chi connectivity index (χ2n) is 3.97. The molecular weight excluding hydrogens is 284 g/mol. The highest BCUT2D eigenvalue weighted by Crippen LogP contribution is 2.25. The van der Waals surface area contributed by atoms with E-state index in [2.05, 4.69) is 10.3 Å². The van der Waals surface area contributed by atoms with Crippen LogP contribution < -0.4 is 5.32 Å².